The molecule has 1 aromatic rings. The van der Waals surface area contributed by atoms with Gasteiger partial charge in [0.2, 0.25) is 0 Å². The van der Waals surface area contributed by atoms with Crippen LogP contribution in [0.1, 0.15) is 24.7 Å². The van der Waals surface area contributed by atoms with E-state index >= 15 is 0 Å². The molecule has 0 fully saturated rings. The molecule has 0 spiro atoms. The van der Waals surface area contributed by atoms with Crippen LogP contribution >= 0.6 is 0 Å². The Morgan fingerprint density at radius 2 is 2.29 bits per heavy atom. The van der Waals surface area contributed by atoms with E-state index in [1.54, 1.807) is 6.07 Å². The highest BCUT2D eigenvalue weighted by atomic mass is 16.5. The van der Waals surface area contributed by atoms with Crippen LogP contribution < -0.4 is 10.5 Å². The molecule has 1 heterocycles. The lowest BCUT2D eigenvalue weighted by Crippen LogP contribution is -2.15. The first-order chi connectivity index (χ1) is 6.63. The summed E-state index contributed by atoms with van der Waals surface area (Å²) in [5.41, 5.74) is 6.47. The van der Waals surface area contributed by atoms with Crippen molar-refractivity contribution in [3.8, 4) is 6.01 Å². The summed E-state index contributed by atoms with van der Waals surface area (Å²) < 4.78 is 5.25. The van der Waals surface area contributed by atoms with Crippen LogP contribution in [-0.2, 0) is 0 Å². The number of amidine groups is 1. The average Bonchev–Trinajstić information content (AvgIpc) is 2.14. The van der Waals surface area contributed by atoms with Gasteiger partial charge >= 0.3 is 6.01 Å². The predicted octanol–water partition coefficient (Wildman–Crippen LogP) is 0.858. The molecule has 0 radical (unpaired) electrons. The maximum atomic E-state index is 7.24. The Labute approximate surface area is 82.8 Å². The Morgan fingerprint density at radius 3 is 2.86 bits per heavy atom. The minimum atomic E-state index is -0.0724. The number of rotatable bonds is 4. The third-order valence-corrected chi connectivity index (χ3v) is 1.54. The molecule has 1 rings (SSSR count). The van der Waals surface area contributed by atoms with Gasteiger partial charge in [-0.1, -0.05) is 6.92 Å². The van der Waals surface area contributed by atoms with Gasteiger partial charge in [0.05, 0.1) is 6.61 Å². The molecular formula is C9H14N4O. The number of nitrogen functional groups attached to an aromatic ring is 1. The molecular weight excluding hydrogens is 180 g/mol. The molecule has 5 heteroatoms. The highest BCUT2D eigenvalue weighted by molar-refractivity contribution is 5.93. The summed E-state index contributed by atoms with van der Waals surface area (Å²) >= 11 is 0. The number of nitrogens with two attached hydrogens (primary N) is 1. The minimum absolute atomic E-state index is 0.0724. The second-order valence-corrected chi connectivity index (χ2v) is 2.94. The zero-order valence-electron chi connectivity index (χ0n) is 8.37. The summed E-state index contributed by atoms with van der Waals surface area (Å²) in [6.45, 7) is 4.38. The van der Waals surface area contributed by atoms with Gasteiger partial charge in [-0.15, -0.1) is 0 Å². The lowest BCUT2D eigenvalue weighted by atomic mass is 10.3. The third-order valence-electron chi connectivity index (χ3n) is 1.54. The van der Waals surface area contributed by atoms with Gasteiger partial charge in [0, 0.05) is 5.69 Å². The zero-order valence-corrected chi connectivity index (χ0v) is 8.37. The summed E-state index contributed by atoms with van der Waals surface area (Å²) in [5.74, 6) is -0.0724. The lowest BCUT2D eigenvalue weighted by molar-refractivity contribution is 0.291. The van der Waals surface area contributed by atoms with E-state index < -0.39 is 0 Å². The molecule has 0 aliphatic carbocycles. The van der Waals surface area contributed by atoms with Crippen LogP contribution in [0.25, 0.3) is 0 Å². The fourth-order valence-electron chi connectivity index (χ4n) is 0.937. The first-order valence-corrected chi connectivity index (χ1v) is 4.46. The van der Waals surface area contributed by atoms with Crippen LogP contribution in [0.4, 0.5) is 0 Å². The second kappa shape index (κ2) is 4.55. The van der Waals surface area contributed by atoms with Crippen LogP contribution in [0.15, 0.2) is 6.07 Å². The molecule has 0 amide bonds. The molecule has 0 atom stereocenters. The Balaban J connectivity index is 2.89. The van der Waals surface area contributed by atoms with E-state index in [1.807, 2.05) is 13.8 Å². The van der Waals surface area contributed by atoms with Crippen molar-refractivity contribution in [1.82, 2.24) is 9.97 Å². The van der Waals surface area contributed by atoms with Gasteiger partial charge in [-0.3, -0.25) is 5.41 Å². The van der Waals surface area contributed by atoms with Crippen molar-refractivity contribution in [1.29, 1.82) is 5.41 Å². The average molecular weight is 194 g/mol. The van der Waals surface area contributed by atoms with E-state index in [2.05, 4.69) is 9.97 Å². The number of nitrogens with one attached hydrogen (secondary N) is 1. The lowest BCUT2D eigenvalue weighted by Gasteiger charge is -2.05. The number of aryl methyl sites for hydroxylation is 1. The number of hydrogen-bond acceptors (Lipinski definition) is 4. The Bertz CT molecular complexity index is 338. The molecule has 0 saturated heterocycles. The molecule has 76 valence electrons. The topological polar surface area (TPSA) is 84.9 Å². The molecule has 0 bridgehead atoms. The summed E-state index contributed by atoms with van der Waals surface area (Å²) in [4.78, 5) is 8.06. The van der Waals surface area contributed by atoms with Gasteiger partial charge in [-0.25, -0.2) is 4.98 Å². The summed E-state index contributed by atoms with van der Waals surface area (Å²) in [6.07, 6.45) is 0.896. The van der Waals surface area contributed by atoms with Crippen LogP contribution in [0, 0.1) is 12.3 Å². The van der Waals surface area contributed by atoms with E-state index in [-0.39, 0.29) is 11.8 Å². The van der Waals surface area contributed by atoms with Gasteiger partial charge in [0.25, 0.3) is 0 Å². The molecule has 3 N–H and O–H groups in total. The summed E-state index contributed by atoms with van der Waals surface area (Å²) in [7, 11) is 0. The van der Waals surface area contributed by atoms with E-state index in [4.69, 9.17) is 15.9 Å². The van der Waals surface area contributed by atoms with Crippen molar-refractivity contribution in [2.45, 2.75) is 20.3 Å². The first-order valence-electron chi connectivity index (χ1n) is 4.46. The van der Waals surface area contributed by atoms with Gasteiger partial charge in [0.15, 0.2) is 0 Å². The van der Waals surface area contributed by atoms with E-state index in [1.165, 1.54) is 0 Å². The number of aromatic nitrogens is 2. The molecule has 0 aliphatic heterocycles. The van der Waals surface area contributed by atoms with Gasteiger partial charge in [-0.2, -0.15) is 4.98 Å². The van der Waals surface area contributed by atoms with Crippen molar-refractivity contribution in [3.63, 3.8) is 0 Å². The third kappa shape index (κ3) is 2.69. The normalized spacial score (nSPS) is 9.86. The summed E-state index contributed by atoms with van der Waals surface area (Å²) in [5, 5.41) is 7.24. The standard InChI is InChI=1S/C9H14N4O/c1-3-4-14-9-12-6(2)5-7(13-9)8(10)11/h5H,3-4H2,1-2H3,(H3,10,11). The molecule has 14 heavy (non-hydrogen) atoms. The second-order valence-electron chi connectivity index (χ2n) is 2.94. The molecule has 0 aliphatic rings. The largest absolute Gasteiger partial charge is 0.463 e. The molecule has 5 nitrogen and oxygen atoms in total. The molecule has 0 unspecified atom stereocenters. The van der Waals surface area contributed by atoms with Crippen molar-refractivity contribution < 1.29 is 4.74 Å². The maximum Gasteiger partial charge on any atom is 0.317 e. The quantitative estimate of drug-likeness (QED) is 0.550. The molecule has 0 aromatic carbocycles. The fraction of sp³-hybridized carbons (Fsp3) is 0.444. The predicted molar refractivity (Wildman–Crippen MR) is 53.6 cm³/mol. The maximum absolute atomic E-state index is 7.24. The zero-order chi connectivity index (χ0) is 10.6. The van der Waals surface area contributed by atoms with E-state index in [9.17, 15) is 0 Å². The van der Waals surface area contributed by atoms with Gasteiger partial charge in [-0.05, 0) is 19.4 Å². The van der Waals surface area contributed by atoms with Crippen LogP contribution in [-0.4, -0.2) is 22.4 Å². The smallest absolute Gasteiger partial charge is 0.317 e. The first kappa shape index (κ1) is 10.4. The Hall–Kier alpha value is -1.65. The summed E-state index contributed by atoms with van der Waals surface area (Å²) in [6, 6.07) is 1.94. The van der Waals surface area contributed by atoms with E-state index in [0.717, 1.165) is 12.1 Å². The highest BCUT2D eigenvalue weighted by Crippen LogP contribution is 2.06. The Morgan fingerprint density at radius 1 is 1.57 bits per heavy atom. The SMILES string of the molecule is CCCOc1nc(C)cc(C(=N)N)n1. The number of nitrogens with zero attached hydrogens (tertiary/aromatic N) is 2. The fourth-order valence-corrected chi connectivity index (χ4v) is 0.937. The number of hydrogen-bond donors (Lipinski definition) is 2. The van der Waals surface area contributed by atoms with Crippen LogP contribution in [0.5, 0.6) is 6.01 Å². The van der Waals surface area contributed by atoms with E-state index in [0.29, 0.717) is 12.3 Å². The number of ether oxygens (including phenoxy) is 1. The van der Waals surface area contributed by atoms with Crippen molar-refractivity contribution in [2.75, 3.05) is 6.61 Å². The van der Waals surface area contributed by atoms with Crippen molar-refractivity contribution >= 4 is 5.84 Å². The highest BCUT2D eigenvalue weighted by Gasteiger charge is 2.04. The molecule has 0 saturated carbocycles. The van der Waals surface area contributed by atoms with Crippen molar-refractivity contribution in [3.05, 3.63) is 17.5 Å². The molecule has 1 aromatic heterocycles. The monoisotopic (exact) mass is 194 g/mol. The van der Waals surface area contributed by atoms with Crippen LogP contribution in [0.2, 0.25) is 0 Å². The Kier molecular flexibility index (Phi) is 3.39. The van der Waals surface area contributed by atoms with Crippen LogP contribution in [0.3, 0.4) is 0 Å². The van der Waals surface area contributed by atoms with Gasteiger partial charge < -0.3 is 10.5 Å². The van der Waals surface area contributed by atoms with Crippen molar-refractivity contribution in [2.24, 2.45) is 5.73 Å². The van der Waals surface area contributed by atoms with Gasteiger partial charge in [0.1, 0.15) is 11.5 Å². The minimum Gasteiger partial charge on any atom is -0.463 e.